The SMILES string of the molecule is CCN1CCCN(c2cc3c(Nc4ccc(F)cc4F)c(C(N)=O)cnc3cc2OC)CC1. The smallest absolute Gasteiger partial charge is 0.252 e. The Morgan fingerprint density at radius 2 is 2.00 bits per heavy atom. The summed E-state index contributed by atoms with van der Waals surface area (Å²) in [5.41, 5.74) is 7.45. The van der Waals surface area contributed by atoms with Crippen molar-refractivity contribution in [3.05, 3.63) is 53.7 Å². The van der Waals surface area contributed by atoms with Crippen LogP contribution in [0.5, 0.6) is 5.75 Å². The van der Waals surface area contributed by atoms with Gasteiger partial charge < -0.3 is 25.6 Å². The second kappa shape index (κ2) is 9.58. The summed E-state index contributed by atoms with van der Waals surface area (Å²) in [5.74, 6) is -1.52. The zero-order valence-electron chi connectivity index (χ0n) is 18.7. The average Bonchev–Trinajstić information content (AvgIpc) is 3.05. The number of pyridine rings is 1. The third-order valence-corrected chi connectivity index (χ3v) is 6.00. The van der Waals surface area contributed by atoms with Crippen LogP contribution in [0.25, 0.3) is 10.9 Å². The summed E-state index contributed by atoms with van der Waals surface area (Å²) in [6.45, 7) is 6.74. The Hall–Kier alpha value is -3.46. The van der Waals surface area contributed by atoms with E-state index >= 15 is 0 Å². The highest BCUT2D eigenvalue weighted by Gasteiger charge is 2.21. The molecule has 3 aromatic rings. The molecule has 3 N–H and O–H groups in total. The minimum atomic E-state index is -0.781. The summed E-state index contributed by atoms with van der Waals surface area (Å²) in [5, 5.41) is 3.52. The number of primary amides is 1. The minimum Gasteiger partial charge on any atom is -0.495 e. The number of methoxy groups -OCH3 is 1. The predicted octanol–water partition coefficient (Wildman–Crippen LogP) is 3.90. The van der Waals surface area contributed by atoms with E-state index in [1.54, 1.807) is 13.2 Å². The second-order valence-electron chi connectivity index (χ2n) is 7.98. The number of nitrogens with two attached hydrogens (primary N) is 1. The number of carbonyl (C=O) groups excluding carboxylic acids is 1. The van der Waals surface area contributed by atoms with Crippen LogP contribution in [0, 0.1) is 11.6 Å². The first-order valence-electron chi connectivity index (χ1n) is 10.9. The lowest BCUT2D eigenvalue weighted by atomic mass is 10.1. The molecule has 2 heterocycles. The topological polar surface area (TPSA) is 83.7 Å². The molecule has 0 unspecified atom stereocenters. The van der Waals surface area contributed by atoms with E-state index in [4.69, 9.17) is 10.5 Å². The summed E-state index contributed by atoms with van der Waals surface area (Å²) >= 11 is 0. The summed E-state index contributed by atoms with van der Waals surface area (Å²) in [7, 11) is 1.60. The number of nitrogens with zero attached hydrogens (tertiary/aromatic N) is 3. The van der Waals surface area contributed by atoms with E-state index in [0.717, 1.165) is 57.0 Å². The highest BCUT2D eigenvalue weighted by Crippen LogP contribution is 2.38. The number of nitrogens with one attached hydrogen (secondary N) is 1. The monoisotopic (exact) mass is 455 g/mol. The number of fused-ring (bicyclic) bond motifs is 1. The first-order chi connectivity index (χ1) is 15.9. The lowest BCUT2D eigenvalue weighted by molar-refractivity contribution is 0.100. The fourth-order valence-corrected chi connectivity index (χ4v) is 4.19. The molecule has 0 saturated carbocycles. The van der Waals surface area contributed by atoms with Gasteiger partial charge in [0.2, 0.25) is 0 Å². The number of likely N-dealkylation sites (N-methyl/N-ethyl adjacent to an activating group) is 1. The molecule has 9 heteroatoms. The van der Waals surface area contributed by atoms with Crippen molar-refractivity contribution in [3.8, 4) is 5.75 Å². The van der Waals surface area contributed by atoms with Crippen LogP contribution in [0.1, 0.15) is 23.7 Å². The van der Waals surface area contributed by atoms with Crippen molar-refractivity contribution in [1.82, 2.24) is 9.88 Å². The van der Waals surface area contributed by atoms with Gasteiger partial charge in [-0.25, -0.2) is 8.78 Å². The zero-order valence-corrected chi connectivity index (χ0v) is 18.7. The lowest BCUT2D eigenvalue weighted by Gasteiger charge is -2.26. The second-order valence-corrected chi connectivity index (χ2v) is 7.98. The Bertz CT molecular complexity index is 1190. The van der Waals surface area contributed by atoms with E-state index in [9.17, 15) is 13.6 Å². The van der Waals surface area contributed by atoms with E-state index in [-0.39, 0.29) is 11.3 Å². The predicted molar refractivity (Wildman–Crippen MR) is 125 cm³/mol. The number of rotatable bonds is 6. The lowest BCUT2D eigenvalue weighted by Crippen LogP contribution is -2.30. The number of halogens is 2. The van der Waals surface area contributed by atoms with Gasteiger partial charge in [-0.3, -0.25) is 9.78 Å². The normalized spacial score (nSPS) is 14.8. The van der Waals surface area contributed by atoms with Crippen molar-refractivity contribution in [2.24, 2.45) is 5.73 Å². The van der Waals surface area contributed by atoms with Crippen molar-refractivity contribution >= 4 is 33.9 Å². The highest BCUT2D eigenvalue weighted by atomic mass is 19.1. The van der Waals surface area contributed by atoms with Crippen LogP contribution in [0.4, 0.5) is 25.8 Å². The van der Waals surface area contributed by atoms with Crippen molar-refractivity contribution in [1.29, 1.82) is 0 Å². The van der Waals surface area contributed by atoms with Gasteiger partial charge in [0.05, 0.1) is 35.3 Å². The molecule has 0 bridgehead atoms. The number of hydrogen-bond donors (Lipinski definition) is 2. The molecule has 0 aliphatic carbocycles. The third kappa shape index (κ3) is 4.68. The standard InChI is InChI=1S/C24H27F2N5O2/c1-3-30-7-4-8-31(10-9-30)21-12-16-20(13-22(21)33-2)28-14-17(24(27)32)23(16)29-19-6-5-15(25)11-18(19)26/h5-6,11-14H,3-4,7-10H2,1-2H3,(H2,27,32)(H,28,29). The van der Waals surface area contributed by atoms with Crippen LogP contribution in [-0.4, -0.2) is 55.6 Å². The van der Waals surface area contributed by atoms with Gasteiger partial charge >= 0.3 is 0 Å². The van der Waals surface area contributed by atoms with Crippen LogP contribution in [0.2, 0.25) is 0 Å². The van der Waals surface area contributed by atoms with E-state index in [1.165, 1.54) is 12.3 Å². The fourth-order valence-electron chi connectivity index (χ4n) is 4.19. The average molecular weight is 456 g/mol. The van der Waals surface area contributed by atoms with Gasteiger partial charge in [0, 0.05) is 43.4 Å². The molecular formula is C24H27F2N5O2. The van der Waals surface area contributed by atoms with Gasteiger partial charge in [0.1, 0.15) is 17.4 Å². The Kier molecular flexibility index (Phi) is 6.60. The van der Waals surface area contributed by atoms with Gasteiger partial charge in [0.25, 0.3) is 5.91 Å². The molecule has 2 aromatic carbocycles. The largest absolute Gasteiger partial charge is 0.495 e. The van der Waals surface area contributed by atoms with Gasteiger partial charge in [-0.05, 0) is 37.7 Å². The molecule has 1 amide bonds. The van der Waals surface area contributed by atoms with Crippen molar-refractivity contribution in [2.45, 2.75) is 13.3 Å². The molecule has 0 radical (unpaired) electrons. The fraction of sp³-hybridized carbons (Fsp3) is 0.333. The number of benzene rings is 2. The van der Waals surface area contributed by atoms with Crippen LogP contribution >= 0.6 is 0 Å². The number of carbonyl (C=O) groups is 1. The molecule has 1 fully saturated rings. The van der Waals surface area contributed by atoms with Gasteiger partial charge in [-0.2, -0.15) is 0 Å². The zero-order chi connectivity index (χ0) is 23.5. The van der Waals surface area contributed by atoms with Crippen molar-refractivity contribution in [3.63, 3.8) is 0 Å². The van der Waals surface area contributed by atoms with Gasteiger partial charge in [-0.15, -0.1) is 0 Å². The first kappa shape index (κ1) is 22.7. The minimum absolute atomic E-state index is 0.0251. The van der Waals surface area contributed by atoms with Crippen LogP contribution in [0.15, 0.2) is 36.5 Å². The maximum absolute atomic E-state index is 14.4. The Labute approximate surface area is 191 Å². The summed E-state index contributed by atoms with van der Waals surface area (Å²) < 4.78 is 33.5. The van der Waals surface area contributed by atoms with E-state index in [0.29, 0.717) is 22.3 Å². The number of aromatic nitrogens is 1. The summed E-state index contributed by atoms with van der Waals surface area (Å²) in [6, 6.07) is 6.88. The number of anilines is 3. The van der Waals surface area contributed by atoms with Crippen LogP contribution < -0.4 is 20.7 Å². The van der Waals surface area contributed by atoms with E-state index in [2.05, 4.69) is 27.0 Å². The number of amides is 1. The number of hydrogen-bond acceptors (Lipinski definition) is 6. The Balaban J connectivity index is 1.85. The Morgan fingerprint density at radius 1 is 1.18 bits per heavy atom. The summed E-state index contributed by atoms with van der Waals surface area (Å²) in [6.07, 6.45) is 2.35. The highest BCUT2D eigenvalue weighted by molar-refractivity contribution is 6.08. The Morgan fingerprint density at radius 3 is 2.70 bits per heavy atom. The maximum Gasteiger partial charge on any atom is 0.252 e. The summed E-state index contributed by atoms with van der Waals surface area (Å²) in [4.78, 5) is 21.2. The molecule has 0 spiro atoms. The molecular weight excluding hydrogens is 428 g/mol. The molecule has 1 aliphatic heterocycles. The molecule has 174 valence electrons. The quantitative estimate of drug-likeness (QED) is 0.587. The molecule has 1 saturated heterocycles. The third-order valence-electron chi connectivity index (χ3n) is 6.00. The molecule has 4 rings (SSSR count). The van der Waals surface area contributed by atoms with Gasteiger partial charge in [-0.1, -0.05) is 6.92 Å². The van der Waals surface area contributed by atoms with Crippen molar-refractivity contribution in [2.75, 3.05) is 50.1 Å². The van der Waals surface area contributed by atoms with Crippen LogP contribution in [-0.2, 0) is 0 Å². The molecule has 0 atom stereocenters. The molecule has 1 aromatic heterocycles. The first-order valence-corrected chi connectivity index (χ1v) is 10.9. The maximum atomic E-state index is 14.4. The van der Waals surface area contributed by atoms with E-state index < -0.39 is 17.5 Å². The molecule has 7 nitrogen and oxygen atoms in total. The molecule has 1 aliphatic rings. The van der Waals surface area contributed by atoms with Crippen LogP contribution in [0.3, 0.4) is 0 Å². The molecule has 33 heavy (non-hydrogen) atoms. The van der Waals surface area contributed by atoms with Crippen molar-refractivity contribution < 1.29 is 18.3 Å². The van der Waals surface area contributed by atoms with E-state index in [1.807, 2.05) is 6.07 Å². The number of ether oxygens (including phenoxy) is 1. The van der Waals surface area contributed by atoms with Gasteiger partial charge in [0.15, 0.2) is 0 Å².